The molecule has 0 aliphatic heterocycles. The molecule has 0 bridgehead atoms. The molecule has 0 fully saturated rings. The van der Waals surface area contributed by atoms with E-state index in [4.69, 9.17) is 5.73 Å². The summed E-state index contributed by atoms with van der Waals surface area (Å²) in [5, 5.41) is 2.88. The molecule has 0 spiro atoms. The predicted molar refractivity (Wildman–Crippen MR) is 82.4 cm³/mol. The number of nitrogens with one attached hydrogen (secondary N) is 1. The van der Waals surface area contributed by atoms with E-state index in [1.54, 1.807) is 18.2 Å². The van der Waals surface area contributed by atoms with Gasteiger partial charge in [0.25, 0.3) is 5.91 Å². The van der Waals surface area contributed by atoms with Gasteiger partial charge in [0.2, 0.25) is 0 Å². The van der Waals surface area contributed by atoms with Crippen molar-refractivity contribution < 1.29 is 4.79 Å². The second-order valence-electron chi connectivity index (χ2n) is 4.44. The molecule has 19 heavy (non-hydrogen) atoms. The minimum absolute atomic E-state index is 0.119. The van der Waals surface area contributed by atoms with E-state index in [1.165, 1.54) is 0 Å². The van der Waals surface area contributed by atoms with Crippen LogP contribution in [-0.4, -0.2) is 5.91 Å². The minimum atomic E-state index is -0.119. The number of nitrogens with two attached hydrogens (primary N) is 1. The first kappa shape index (κ1) is 13.6. The molecule has 0 saturated heterocycles. The molecule has 0 aliphatic rings. The van der Waals surface area contributed by atoms with Crippen LogP contribution in [0.25, 0.3) is 0 Å². The van der Waals surface area contributed by atoms with Crippen LogP contribution in [0.1, 0.15) is 21.5 Å². The Morgan fingerprint density at radius 2 is 1.95 bits per heavy atom. The predicted octanol–water partition coefficient (Wildman–Crippen LogP) is 3.90. The Balaban J connectivity index is 2.28. The number of halogens is 1. The number of benzene rings is 2. The Bertz CT molecular complexity index is 638. The number of hydrogen-bond donors (Lipinski definition) is 2. The molecule has 0 radical (unpaired) electrons. The van der Waals surface area contributed by atoms with E-state index in [1.807, 2.05) is 32.0 Å². The second kappa shape index (κ2) is 5.45. The van der Waals surface area contributed by atoms with Crippen LogP contribution >= 0.6 is 15.9 Å². The highest BCUT2D eigenvalue weighted by Gasteiger charge is 2.11. The summed E-state index contributed by atoms with van der Waals surface area (Å²) >= 11 is 3.39. The van der Waals surface area contributed by atoms with Crippen LogP contribution in [0.4, 0.5) is 11.4 Å². The molecular weight excluding hydrogens is 304 g/mol. The van der Waals surface area contributed by atoms with Crippen LogP contribution in [0, 0.1) is 13.8 Å². The number of aryl methyl sites for hydroxylation is 1. The van der Waals surface area contributed by atoms with Crippen LogP contribution in [0.2, 0.25) is 0 Å². The van der Waals surface area contributed by atoms with Gasteiger partial charge in [0.05, 0.1) is 5.69 Å². The summed E-state index contributed by atoms with van der Waals surface area (Å²) in [6, 6.07) is 11.0. The van der Waals surface area contributed by atoms with E-state index < -0.39 is 0 Å². The van der Waals surface area contributed by atoms with Crippen molar-refractivity contribution in [1.29, 1.82) is 0 Å². The van der Waals surface area contributed by atoms with Crippen LogP contribution in [0.5, 0.6) is 0 Å². The Kier molecular flexibility index (Phi) is 3.90. The van der Waals surface area contributed by atoms with Crippen LogP contribution in [0.3, 0.4) is 0 Å². The van der Waals surface area contributed by atoms with E-state index in [-0.39, 0.29) is 5.91 Å². The number of carbonyl (C=O) groups is 1. The summed E-state index contributed by atoms with van der Waals surface area (Å²) in [6.07, 6.45) is 0. The van der Waals surface area contributed by atoms with Gasteiger partial charge in [-0.2, -0.15) is 0 Å². The summed E-state index contributed by atoms with van der Waals surface area (Å²) in [5.41, 5.74) is 9.81. The SMILES string of the molecule is Cc1cccc(C(=O)Nc2ccc(N)cc2Br)c1C. The van der Waals surface area contributed by atoms with Gasteiger partial charge >= 0.3 is 0 Å². The molecule has 2 aromatic carbocycles. The average Bonchev–Trinajstić information content (AvgIpc) is 2.36. The van der Waals surface area contributed by atoms with E-state index >= 15 is 0 Å². The van der Waals surface area contributed by atoms with Gasteiger partial charge in [-0.3, -0.25) is 4.79 Å². The molecule has 3 N–H and O–H groups in total. The number of rotatable bonds is 2. The number of amides is 1. The summed E-state index contributed by atoms with van der Waals surface area (Å²) in [4.78, 5) is 12.3. The van der Waals surface area contributed by atoms with Crippen LogP contribution < -0.4 is 11.1 Å². The zero-order valence-electron chi connectivity index (χ0n) is 10.8. The molecule has 0 unspecified atom stereocenters. The number of nitrogen functional groups attached to an aromatic ring is 1. The van der Waals surface area contributed by atoms with E-state index in [0.29, 0.717) is 16.9 Å². The maximum absolute atomic E-state index is 12.3. The largest absolute Gasteiger partial charge is 0.399 e. The zero-order valence-corrected chi connectivity index (χ0v) is 12.4. The molecule has 0 aliphatic carbocycles. The van der Waals surface area contributed by atoms with Crippen molar-refractivity contribution in [3.05, 3.63) is 57.6 Å². The van der Waals surface area contributed by atoms with Crippen molar-refractivity contribution in [2.45, 2.75) is 13.8 Å². The molecule has 98 valence electrons. The maximum Gasteiger partial charge on any atom is 0.255 e. The fraction of sp³-hybridized carbons (Fsp3) is 0.133. The van der Waals surface area contributed by atoms with Gasteiger partial charge in [0.15, 0.2) is 0 Å². The quantitative estimate of drug-likeness (QED) is 0.825. The zero-order chi connectivity index (χ0) is 14.0. The summed E-state index contributed by atoms with van der Waals surface area (Å²) in [6.45, 7) is 3.94. The third-order valence-corrected chi connectivity index (χ3v) is 3.75. The van der Waals surface area contributed by atoms with Gasteiger partial charge in [-0.25, -0.2) is 0 Å². The summed E-state index contributed by atoms with van der Waals surface area (Å²) < 4.78 is 0.770. The minimum Gasteiger partial charge on any atom is -0.399 e. The lowest BCUT2D eigenvalue weighted by Gasteiger charge is -2.11. The lowest BCUT2D eigenvalue weighted by molar-refractivity contribution is 0.102. The summed E-state index contributed by atoms with van der Waals surface area (Å²) in [5.74, 6) is -0.119. The highest BCUT2D eigenvalue weighted by Crippen LogP contribution is 2.25. The van der Waals surface area contributed by atoms with E-state index in [2.05, 4.69) is 21.2 Å². The van der Waals surface area contributed by atoms with Gasteiger partial charge in [0, 0.05) is 15.7 Å². The van der Waals surface area contributed by atoms with E-state index in [9.17, 15) is 4.79 Å². The monoisotopic (exact) mass is 318 g/mol. The fourth-order valence-electron chi connectivity index (χ4n) is 1.82. The Labute approximate surface area is 121 Å². The van der Waals surface area contributed by atoms with Gasteiger partial charge in [-0.05, 0) is 65.2 Å². The standard InChI is InChI=1S/C15H15BrN2O/c1-9-4-3-5-12(10(9)2)15(19)18-14-7-6-11(17)8-13(14)16/h3-8H,17H2,1-2H3,(H,18,19). The number of carbonyl (C=O) groups excluding carboxylic acids is 1. The van der Waals surface area contributed by atoms with Gasteiger partial charge in [-0.15, -0.1) is 0 Å². The molecule has 1 amide bonds. The molecule has 0 heterocycles. The topological polar surface area (TPSA) is 55.1 Å². The maximum atomic E-state index is 12.3. The molecule has 3 nitrogen and oxygen atoms in total. The highest BCUT2D eigenvalue weighted by molar-refractivity contribution is 9.10. The van der Waals surface area contributed by atoms with E-state index in [0.717, 1.165) is 15.6 Å². The van der Waals surface area contributed by atoms with Crippen molar-refractivity contribution in [2.75, 3.05) is 11.1 Å². The van der Waals surface area contributed by atoms with Crippen molar-refractivity contribution in [1.82, 2.24) is 0 Å². The number of hydrogen-bond acceptors (Lipinski definition) is 2. The lowest BCUT2D eigenvalue weighted by Crippen LogP contribution is -2.14. The first-order valence-electron chi connectivity index (χ1n) is 5.91. The third-order valence-electron chi connectivity index (χ3n) is 3.09. The van der Waals surface area contributed by atoms with Crippen molar-refractivity contribution in [2.24, 2.45) is 0 Å². The van der Waals surface area contributed by atoms with Crippen molar-refractivity contribution in [3.63, 3.8) is 0 Å². The Morgan fingerprint density at radius 1 is 1.21 bits per heavy atom. The van der Waals surface area contributed by atoms with Crippen LogP contribution in [-0.2, 0) is 0 Å². The highest BCUT2D eigenvalue weighted by atomic mass is 79.9. The lowest BCUT2D eigenvalue weighted by atomic mass is 10.0. The summed E-state index contributed by atoms with van der Waals surface area (Å²) in [7, 11) is 0. The normalized spacial score (nSPS) is 10.3. The molecular formula is C15H15BrN2O. The molecule has 0 atom stereocenters. The molecule has 0 saturated carbocycles. The van der Waals surface area contributed by atoms with Crippen molar-refractivity contribution >= 4 is 33.2 Å². The van der Waals surface area contributed by atoms with Gasteiger partial charge in [-0.1, -0.05) is 12.1 Å². The fourth-order valence-corrected chi connectivity index (χ4v) is 2.32. The Hall–Kier alpha value is -1.81. The third kappa shape index (κ3) is 2.96. The average molecular weight is 319 g/mol. The van der Waals surface area contributed by atoms with Gasteiger partial charge < -0.3 is 11.1 Å². The molecule has 2 rings (SSSR count). The first-order chi connectivity index (χ1) is 8.99. The first-order valence-corrected chi connectivity index (χ1v) is 6.71. The molecule has 4 heteroatoms. The second-order valence-corrected chi connectivity index (χ2v) is 5.30. The Morgan fingerprint density at radius 3 is 2.63 bits per heavy atom. The smallest absolute Gasteiger partial charge is 0.255 e. The van der Waals surface area contributed by atoms with Gasteiger partial charge in [0.1, 0.15) is 0 Å². The number of anilines is 2. The van der Waals surface area contributed by atoms with Crippen LogP contribution in [0.15, 0.2) is 40.9 Å². The molecule has 0 aromatic heterocycles. The molecule has 2 aromatic rings. The van der Waals surface area contributed by atoms with Crippen molar-refractivity contribution in [3.8, 4) is 0 Å².